The molecule has 0 radical (unpaired) electrons. The number of carbonyl (C=O) groups is 3. The molecule has 1 aliphatic rings. The van der Waals surface area contributed by atoms with Gasteiger partial charge in [0.15, 0.2) is 0 Å². The summed E-state index contributed by atoms with van der Waals surface area (Å²) in [5.41, 5.74) is 0.834. The second kappa shape index (κ2) is 10.2. The summed E-state index contributed by atoms with van der Waals surface area (Å²) in [6, 6.07) is 14.1. The van der Waals surface area contributed by atoms with Gasteiger partial charge in [-0.25, -0.2) is 12.7 Å². The Morgan fingerprint density at radius 2 is 1.64 bits per heavy atom. The van der Waals surface area contributed by atoms with Crippen LogP contribution in [-0.4, -0.2) is 54.0 Å². The topological polar surface area (TPSA) is 104 Å². The van der Waals surface area contributed by atoms with Gasteiger partial charge in [-0.05, 0) is 37.5 Å². The molecule has 0 saturated heterocycles. The Balaban J connectivity index is 1.91. The molecule has 0 saturated carbocycles. The SMILES string of the molecule is CC[C@H](C(=O)N[C@@H](C)CC)N(Cc1ccccc1)C(=O)CN1C(=O)c2ccccc2S1(=O)=O. The predicted molar refractivity (Wildman–Crippen MR) is 124 cm³/mol. The third-order valence-corrected chi connectivity index (χ3v) is 7.56. The molecule has 1 aliphatic heterocycles. The summed E-state index contributed by atoms with van der Waals surface area (Å²) >= 11 is 0. The van der Waals surface area contributed by atoms with Crippen molar-refractivity contribution >= 4 is 27.7 Å². The van der Waals surface area contributed by atoms with Crippen LogP contribution in [0, 0.1) is 0 Å². The molecule has 0 spiro atoms. The van der Waals surface area contributed by atoms with Crippen LogP contribution in [0.2, 0.25) is 0 Å². The standard InChI is InChI=1S/C24H29N3O5S/c1-4-17(3)25-23(29)20(5-2)26(15-18-11-7-6-8-12-18)22(28)16-27-24(30)19-13-9-10-14-21(19)33(27,31)32/h6-14,17,20H,4-5,15-16H2,1-3H3,(H,25,29)/t17-,20+/m0/s1. The van der Waals surface area contributed by atoms with Gasteiger partial charge >= 0.3 is 0 Å². The van der Waals surface area contributed by atoms with Gasteiger partial charge < -0.3 is 10.2 Å². The Hall–Kier alpha value is -3.20. The maximum Gasteiger partial charge on any atom is 0.269 e. The van der Waals surface area contributed by atoms with E-state index in [1.807, 2.05) is 44.2 Å². The van der Waals surface area contributed by atoms with Crippen molar-refractivity contribution in [1.82, 2.24) is 14.5 Å². The monoisotopic (exact) mass is 471 g/mol. The van der Waals surface area contributed by atoms with Gasteiger partial charge in [-0.15, -0.1) is 0 Å². The third kappa shape index (κ3) is 5.08. The molecule has 0 aliphatic carbocycles. The van der Waals surface area contributed by atoms with Crippen molar-refractivity contribution in [2.75, 3.05) is 6.54 Å². The van der Waals surface area contributed by atoms with E-state index in [9.17, 15) is 22.8 Å². The summed E-state index contributed by atoms with van der Waals surface area (Å²) in [7, 11) is -4.14. The number of benzene rings is 2. The molecule has 1 heterocycles. The van der Waals surface area contributed by atoms with Crippen LogP contribution < -0.4 is 5.32 Å². The number of sulfonamides is 1. The lowest BCUT2D eigenvalue weighted by atomic mass is 10.1. The van der Waals surface area contributed by atoms with Gasteiger partial charge in [0.2, 0.25) is 11.8 Å². The summed E-state index contributed by atoms with van der Waals surface area (Å²) in [4.78, 5) is 40.5. The summed E-state index contributed by atoms with van der Waals surface area (Å²) in [5, 5.41) is 2.90. The van der Waals surface area contributed by atoms with E-state index in [4.69, 9.17) is 0 Å². The van der Waals surface area contributed by atoms with Crippen molar-refractivity contribution in [2.45, 2.75) is 57.1 Å². The first-order valence-corrected chi connectivity index (χ1v) is 12.4. The highest BCUT2D eigenvalue weighted by Crippen LogP contribution is 2.30. The minimum Gasteiger partial charge on any atom is -0.352 e. The zero-order valence-corrected chi connectivity index (χ0v) is 19.8. The van der Waals surface area contributed by atoms with E-state index < -0.39 is 34.4 Å². The summed E-state index contributed by atoms with van der Waals surface area (Å²) in [6.45, 7) is 5.05. The Labute approximate surface area is 194 Å². The summed E-state index contributed by atoms with van der Waals surface area (Å²) < 4.78 is 26.4. The number of fused-ring (bicyclic) bond motifs is 1. The van der Waals surface area contributed by atoms with Crippen LogP contribution in [0.1, 0.15) is 49.5 Å². The molecule has 2 atom stereocenters. The van der Waals surface area contributed by atoms with Crippen molar-refractivity contribution in [3.05, 3.63) is 65.7 Å². The maximum absolute atomic E-state index is 13.4. The Morgan fingerprint density at radius 1 is 1.00 bits per heavy atom. The molecule has 8 nitrogen and oxygen atoms in total. The summed E-state index contributed by atoms with van der Waals surface area (Å²) in [6.07, 6.45) is 1.06. The zero-order valence-electron chi connectivity index (χ0n) is 19.0. The second-order valence-corrected chi connectivity index (χ2v) is 9.89. The van der Waals surface area contributed by atoms with E-state index >= 15 is 0 Å². The summed E-state index contributed by atoms with van der Waals surface area (Å²) in [5.74, 6) is -1.67. The Morgan fingerprint density at radius 3 is 2.24 bits per heavy atom. The molecule has 2 aromatic carbocycles. The third-order valence-electron chi connectivity index (χ3n) is 5.77. The van der Waals surface area contributed by atoms with E-state index in [1.165, 1.54) is 23.1 Å². The highest BCUT2D eigenvalue weighted by Gasteiger charge is 2.43. The number of rotatable bonds is 9. The fourth-order valence-electron chi connectivity index (χ4n) is 3.74. The van der Waals surface area contributed by atoms with Gasteiger partial charge in [0.05, 0.1) is 5.56 Å². The number of nitrogens with one attached hydrogen (secondary N) is 1. The number of carbonyl (C=O) groups excluding carboxylic acids is 3. The Bertz CT molecular complexity index is 1130. The molecule has 3 amide bonds. The number of hydrogen-bond donors (Lipinski definition) is 1. The lowest BCUT2D eigenvalue weighted by molar-refractivity contribution is -0.141. The number of nitrogens with zero attached hydrogens (tertiary/aromatic N) is 2. The highest BCUT2D eigenvalue weighted by molar-refractivity contribution is 7.90. The van der Waals surface area contributed by atoms with Crippen molar-refractivity contribution < 1.29 is 22.8 Å². The second-order valence-electron chi connectivity index (χ2n) is 8.06. The predicted octanol–water partition coefficient (Wildman–Crippen LogP) is 2.55. The zero-order chi connectivity index (χ0) is 24.2. The maximum atomic E-state index is 13.4. The van der Waals surface area contributed by atoms with Crippen LogP contribution >= 0.6 is 0 Å². The first-order valence-electron chi connectivity index (χ1n) is 11.0. The van der Waals surface area contributed by atoms with Crippen LogP contribution in [0.4, 0.5) is 0 Å². The molecule has 0 unspecified atom stereocenters. The van der Waals surface area contributed by atoms with Crippen molar-refractivity contribution in [1.29, 1.82) is 0 Å². The quantitative estimate of drug-likeness (QED) is 0.605. The largest absolute Gasteiger partial charge is 0.352 e. The van der Waals surface area contributed by atoms with Gasteiger partial charge in [0.1, 0.15) is 17.5 Å². The van der Waals surface area contributed by atoms with Gasteiger partial charge in [0, 0.05) is 12.6 Å². The van der Waals surface area contributed by atoms with Gasteiger partial charge in [-0.1, -0.05) is 56.3 Å². The average molecular weight is 472 g/mol. The van der Waals surface area contributed by atoms with Gasteiger partial charge in [0.25, 0.3) is 15.9 Å². The minimum atomic E-state index is -4.14. The molecular formula is C24H29N3O5S. The van der Waals surface area contributed by atoms with Crippen LogP contribution in [-0.2, 0) is 26.2 Å². The molecule has 0 aromatic heterocycles. The molecular weight excluding hydrogens is 442 g/mol. The first kappa shape index (κ1) is 24.4. The van der Waals surface area contributed by atoms with E-state index in [2.05, 4.69) is 5.32 Å². The molecule has 33 heavy (non-hydrogen) atoms. The molecule has 3 rings (SSSR count). The average Bonchev–Trinajstić information content (AvgIpc) is 3.00. The fourth-order valence-corrected chi connectivity index (χ4v) is 5.26. The Kier molecular flexibility index (Phi) is 7.53. The highest BCUT2D eigenvalue weighted by atomic mass is 32.2. The number of hydrogen-bond acceptors (Lipinski definition) is 5. The smallest absolute Gasteiger partial charge is 0.269 e. The normalized spacial score (nSPS) is 16.1. The number of amides is 3. The van der Waals surface area contributed by atoms with Gasteiger partial charge in [-0.3, -0.25) is 14.4 Å². The lowest BCUT2D eigenvalue weighted by Gasteiger charge is -2.32. The van der Waals surface area contributed by atoms with Crippen molar-refractivity contribution in [2.24, 2.45) is 0 Å². The minimum absolute atomic E-state index is 0.0430. The van der Waals surface area contributed by atoms with Crippen LogP contribution in [0.5, 0.6) is 0 Å². The van der Waals surface area contributed by atoms with Crippen LogP contribution in [0.25, 0.3) is 0 Å². The molecule has 176 valence electrons. The molecule has 2 aromatic rings. The van der Waals surface area contributed by atoms with E-state index in [0.29, 0.717) is 10.7 Å². The van der Waals surface area contributed by atoms with Gasteiger partial charge in [-0.2, -0.15) is 0 Å². The molecule has 1 N–H and O–H groups in total. The first-order chi connectivity index (χ1) is 15.7. The van der Waals surface area contributed by atoms with Crippen molar-refractivity contribution in [3.8, 4) is 0 Å². The lowest BCUT2D eigenvalue weighted by Crippen LogP contribution is -2.53. The van der Waals surface area contributed by atoms with E-state index in [0.717, 1.165) is 12.0 Å². The molecule has 0 fully saturated rings. The molecule has 9 heteroatoms. The van der Waals surface area contributed by atoms with E-state index in [1.54, 1.807) is 13.0 Å². The fraction of sp³-hybridized carbons (Fsp3) is 0.375. The molecule has 0 bridgehead atoms. The van der Waals surface area contributed by atoms with Crippen LogP contribution in [0.3, 0.4) is 0 Å². The van der Waals surface area contributed by atoms with Crippen molar-refractivity contribution in [3.63, 3.8) is 0 Å². The van der Waals surface area contributed by atoms with E-state index in [-0.39, 0.29) is 29.0 Å². The van der Waals surface area contributed by atoms with Crippen LogP contribution in [0.15, 0.2) is 59.5 Å².